The Labute approximate surface area is 181 Å². The Morgan fingerprint density at radius 3 is 2.84 bits per heavy atom. The second kappa shape index (κ2) is 6.14. The fourth-order valence-electron chi connectivity index (χ4n) is 5.45. The molecule has 3 aromatic rings. The summed E-state index contributed by atoms with van der Waals surface area (Å²) >= 11 is 0. The van der Waals surface area contributed by atoms with Crippen LogP contribution in [0.4, 0.5) is 10.1 Å². The third-order valence-corrected chi connectivity index (χ3v) is 7.19. The summed E-state index contributed by atoms with van der Waals surface area (Å²) in [6, 6.07) is 2.64. The zero-order valence-corrected chi connectivity index (χ0v) is 17.4. The Bertz CT molecular complexity index is 1450. The van der Waals surface area contributed by atoms with E-state index in [4.69, 9.17) is 21.2 Å². The second-order valence-corrected chi connectivity index (χ2v) is 8.75. The number of nitrogen functional groups attached to an aromatic ring is 1. The standard InChI is InChI=1S/C23H21FN4O4/c1-2-23(31)12-5-16-20-10(7-28(16)21(29)11(12)8-32-22(23)30)17-14(25)4-3-9-18(17)15(27-20)6-13(24)19(9)26/h5-6,14,31H,2-4,7-8,25-26H2,1H3/t14-,23-/m0/s1. The van der Waals surface area contributed by atoms with Gasteiger partial charge in [0.15, 0.2) is 5.60 Å². The minimum Gasteiger partial charge on any atom is -0.458 e. The van der Waals surface area contributed by atoms with Crippen LogP contribution < -0.4 is 17.0 Å². The minimum absolute atomic E-state index is 0.0592. The SMILES string of the molecule is CC[C@@]1(O)C(=O)OCc2c1cc1n(c2=O)Cc2c-1nc1cc(F)c(N)c3c1c2[C@@H](N)CC3. The van der Waals surface area contributed by atoms with Crippen LogP contribution in [-0.2, 0) is 34.7 Å². The maximum Gasteiger partial charge on any atom is 0.343 e. The molecule has 5 N–H and O–H groups in total. The molecule has 4 heterocycles. The van der Waals surface area contributed by atoms with Gasteiger partial charge in [0, 0.05) is 28.6 Å². The molecule has 0 saturated heterocycles. The summed E-state index contributed by atoms with van der Waals surface area (Å²) in [6.07, 6.45) is 1.22. The van der Waals surface area contributed by atoms with Gasteiger partial charge in [-0.25, -0.2) is 14.2 Å². The van der Waals surface area contributed by atoms with E-state index in [-0.39, 0.29) is 48.0 Å². The van der Waals surface area contributed by atoms with Crippen molar-refractivity contribution in [2.24, 2.45) is 5.73 Å². The van der Waals surface area contributed by atoms with E-state index in [1.165, 1.54) is 6.07 Å². The fraction of sp³-hybridized carbons (Fsp3) is 0.348. The number of esters is 1. The number of hydrogen-bond donors (Lipinski definition) is 3. The smallest absolute Gasteiger partial charge is 0.343 e. The maximum atomic E-state index is 14.5. The van der Waals surface area contributed by atoms with Crippen molar-refractivity contribution in [3.63, 3.8) is 0 Å². The van der Waals surface area contributed by atoms with Crippen molar-refractivity contribution in [3.05, 3.63) is 56.1 Å². The van der Waals surface area contributed by atoms with E-state index in [0.29, 0.717) is 35.3 Å². The highest BCUT2D eigenvalue weighted by Gasteiger charge is 2.45. The molecule has 0 unspecified atom stereocenters. The maximum absolute atomic E-state index is 14.5. The lowest BCUT2D eigenvalue weighted by Crippen LogP contribution is -2.44. The van der Waals surface area contributed by atoms with E-state index >= 15 is 0 Å². The van der Waals surface area contributed by atoms with Gasteiger partial charge in [-0.2, -0.15) is 0 Å². The third-order valence-electron chi connectivity index (χ3n) is 7.19. The number of cyclic esters (lactones) is 1. The highest BCUT2D eigenvalue weighted by molar-refractivity contribution is 5.95. The number of carbonyl (C=O) groups is 1. The molecular formula is C23H21FN4O4. The average molecular weight is 436 g/mol. The Hall–Kier alpha value is -3.30. The lowest BCUT2D eigenvalue weighted by molar-refractivity contribution is -0.172. The van der Waals surface area contributed by atoms with Crippen molar-refractivity contribution in [2.45, 2.75) is 51.0 Å². The van der Waals surface area contributed by atoms with E-state index in [9.17, 15) is 19.1 Å². The Balaban J connectivity index is 1.70. The molecule has 164 valence electrons. The van der Waals surface area contributed by atoms with Crippen LogP contribution in [0.25, 0.3) is 22.3 Å². The lowest BCUT2D eigenvalue weighted by Gasteiger charge is -2.31. The van der Waals surface area contributed by atoms with Crippen LogP contribution >= 0.6 is 0 Å². The fourth-order valence-corrected chi connectivity index (χ4v) is 5.45. The van der Waals surface area contributed by atoms with Crippen molar-refractivity contribution >= 4 is 22.6 Å². The van der Waals surface area contributed by atoms with Crippen molar-refractivity contribution in [2.75, 3.05) is 5.73 Å². The Kier molecular flexibility index (Phi) is 3.72. The van der Waals surface area contributed by atoms with Gasteiger partial charge in [-0.3, -0.25) is 4.79 Å². The summed E-state index contributed by atoms with van der Waals surface area (Å²) in [5.41, 5.74) is 14.6. The van der Waals surface area contributed by atoms with E-state index in [2.05, 4.69) is 0 Å². The number of nitrogens with zero attached hydrogens (tertiary/aromatic N) is 2. The molecule has 1 aliphatic carbocycles. The molecule has 2 atom stereocenters. The third kappa shape index (κ3) is 2.19. The first kappa shape index (κ1) is 19.4. The molecular weight excluding hydrogens is 415 g/mol. The summed E-state index contributed by atoms with van der Waals surface area (Å²) in [6.45, 7) is 1.70. The number of anilines is 1. The van der Waals surface area contributed by atoms with Crippen molar-refractivity contribution < 1.29 is 19.0 Å². The number of aryl methyl sites for hydroxylation is 1. The van der Waals surface area contributed by atoms with Crippen LogP contribution in [-0.4, -0.2) is 20.6 Å². The predicted octanol–water partition coefficient (Wildman–Crippen LogP) is 1.75. The van der Waals surface area contributed by atoms with Crippen LogP contribution in [0.15, 0.2) is 16.9 Å². The van der Waals surface area contributed by atoms with Gasteiger partial charge in [-0.15, -0.1) is 0 Å². The van der Waals surface area contributed by atoms with Gasteiger partial charge >= 0.3 is 5.97 Å². The Morgan fingerprint density at radius 1 is 1.31 bits per heavy atom. The van der Waals surface area contributed by atoms with Crippen molar-refractivity contribution in [1.29, 1.82) is 0 Å². The zero-order chi connectivity index (χ0) is 22.5. The van der Waals surface area contributed by atoms with Crippen LogP contribution in [0.1, 0.15) is 53.6 Å². The second-order valence-electron chi connectivity index (χ2n) is 8.75. The summed E-state index contributed by atoms with van der Waals surface area (Å²) in [5.74, 6) is -1.31. The first-order valence-electron chi connectivity index (χ1n) is 10.6. The van der Waals surface area contributed by atoms with Crippen molar-refractivity contribution in [3.8, 4) is 11.4 Å². The van der Waals surface area contributed by atoms with Gasteiger partial charge in [0.05, 0.1) is 34.7 Å². The van der Waals surface area contributed by atoms with Crippen molar-refractivity contribution in [1.82, 2.24) is 9.55 Å². The Morgan fingerprint density at radius 2 is 2.09 bits per heavy atom. The van der Waals surface area contributed by atoms with E-state index in [0.717, 1.165) is 16.5 Å². The molecule has 2 aromatic heterocycles. The topological polar surface area (TPSA) is 133 Å². The molecule has 0 fully saturated rings. The number of ether oxygens (including phenoxy) is 1. The van der Waals surface area contributed by atoms with Crippen LogP contribution in [0, 0.1) is 5.82 Å². The molecule has 3 aliphatic rings. The quantitative estimate of drug-likeness (QED) is 0.306. The summed E-state index contributed by atoms with van der Waals surface area (Å²) in [4.78, 5) is 30.4. The van der Waals surface area contributed by atoms with Gasteiger partial charge in [0.1, 0.15) is 12.4 Å². The average Bonchev–Trinajstić information content (AvgIpc) is 3.14. The largest absolute Gasteiger partial charge is 0.458 e. The molecule has 1 aromatic carbocycles. The number of rotatable bonds is 1. The van der Waals surface area contributed by atoms with Crippen LogP contribution in [0.2, 0.25) is 0 Å². The monoisotopic (exact) mass is 436 g/mol. The van der Waals surface area contributed by atoms with Gasteiger partial charge in [0.25, 0.3) is 5.56 Å². The van der Waals surface area contributed by atoms with Crippen LogP contribution in [0.3, 0.4) is 0 Å². The van der Waals surface area contributed by atoms with Crippen LogP contribution in [0.5, 0.6) is 0 Å². The predicted molar refractivity (Wildman–Crippen MR) is 114 cm³/mol. The number of halogens is 1. The number of fused-ring (bicyclic) bond motifs is 5. The molecule has 0 spiro atoms. The zero-order valence-electron chi connectivity index (χ0n) is 17.4. The molecule has 0 saturated carbocycles. The highest BCUT2D eigenvalue weighted by Crippen LogP contribution is 2.45. The minimum atomic E-state index is -1.90. The lowest BCUT2D eigenvalue weighted by atomic mass is 9.83. The normalized spacial score (nSPS) is 23.0. The summed E-state index contributed by atoms with van der Waals surface area (Å²) in [7, 11) is 0. The number of pyridine rings is 2. The first-order valence-corrected chi connectivity index (χ1v) is 10.6. The number of benzene rings is 1. The number of nitrogens with two attached hydrogens (primary N) is 2. The molecule has 9 heteroatoms. The van der Waals surface area contributed by atoms with E-state index < -0.39 is 17.4 Å². The molecule has 2 aliphatic heterocycles. The van der Waals surface area contributed by atoms with Gasteiger partial charge in [-0.1, -0.05) is 6.92 Å². The molecule has 0 bridgehead atoms. The van der Waals surface area contributed by atoms with Gasteiger partial charge in [0.2, 0.25) is 0 Å². The number of hydrogen-bond acceptors (Lipinski definition) is 7. The van der Waals surface area contributed by atoms with Gasteiger partial charge in [-0.05, 0) is 36.5 Å². The number of aromatic nitrogens is 2. The molecule has 0 radical (unpaired) electrons. The summed E-state index contributed by atoms with van der Waals surface area (Å²) in [5, 5.41) is 11.8. The molecule has 6 rings (SSSR count). The number of aliphatic hydroxyl groups is 1. The molecule has 0 amide bonds. The number of carbonyl (C=O) groups excluding carboxylic acids is 1. The molecule has 32 heavy (non-hydrogen) atoms. The first-order chi connectivity index (χ1) is 15.3. The van der Waals surface area contributed by atoms with E-state index in [1.54, 1.807) is 17.6 Å². The van der Waals surface area contributed by atoms with E-state index in [1.807, 2.05) is 0 Å². The summed E-state index contributed by atoms with van der Waals surface area (Å²) < 4.78 is 21.2. The van der Waals surface area contributed by atoms with Gasteiger partial charge < -0.3 is 25.9 Å². The molecule has 8 nitrogen and oxygen atoms in total. The highest BCUT2D eigenvalue weighted by atomic mass is 19.1.